The van der Waals surface area contributed by atoms with Gasteiger partial charge in [0.2, 0.25) is 0 Å². The molecule has 0 aliphatic heterocycles. The van der Waals surface area contributed by atoms with Gasteiger partial charge in [0.1, 0.15) is 5.75 Å². The zero-order chi connectivity index (χ0) is 13.9. The van der Waals surface area contributed by atoms with E-state index < -0.39 is 0 Å². The molecule has 0 aliphatic rings. The zero-order valence-electron chi connectivity index (χ0n) is 12.1. The molecule has 0 unspecified atom stereocenters. The number of nitrogens with one attached hydrogen (secondary N) is 1. The molecule has 0 saturated heterocycles. The predicted molar refractivity (Wildman–Crippen MR) is 80.9 cm³/mol. The van der Waals surface area contributed by atoms with E-state index in [1.807, 2.05) is 18.2 Å². The Morgan fingerprint density at radius 1 is 1.11 bits per heavy atom. The monoisotopic (exact) mass is 266 g/mol. The van der Waals surface area contributed by atoms with Gasteiger partial charge < -0.3 is 20.5 Å². The van der Waals surface area contributed by atoms with E-state index in [4.69, 9.17) is 15.2 Å². The van der Waals surface area contributed by atoms with Crippen LogP contribution in [0.5, 0.6) is 5.75 Å². The number of unbranched alkanes of at least 4 members (excludes halogenated alkanes) is 1. The van der Waals surface area contributed by atoms with Gasteiger partial charge in [-0.05, 0) is 25.0 Å². The van der Waals surface area contributed by atoms with E-state index in [0.29, 0.717) is 18.9 Å². The summed E-state index contributed by atoms with van der Waals surface area (Å²) in [6.07, 6.45) is 3.25. The van der Waals surface area contributed by atoms with Gasteiger partial charge in [0.15, 0.2) is 0 Å². The van der Waals surface area contributed by atoms with Crippen molar-refractivity contribution in [2.24, 2.45) is 0 Å². The third-order valence-electron chi connectivity index (χ3n) is 2.73. The summed E-state index contributed by atoms with van der Waals surface area (Å²) in [5, 5.41) is 3.28. The molecule has 1 aromatic rings. The summed E-state index contributed by atoms with van der Waals surface area (Å²) < 4.78 is 11.1. The van der Waals surface area contributed by atoms with Gasteiger partial charge >= 0.3 is 0 Å². The van der Waals surface area contributed by atoms with Crippen molar-refractivity contribution in [1.29, 1.82) is 0 Å². The minimum atomic E-state index is 0.671. The second-order valence-corrected chi connectivity index (χ2v) is 4.46. The summed E-state index contributed by atoms with van der Waals surface area (Å²) in [7, 11) is 0. The smallest absolute Gasteiger partial charge is 0.144 e. The minimum Gasteiger partial charge on any atom is -0.491 e. The molecule has 3 N–H and O–H groups in total. The van der Waals surface area contributed by atoms with E-state index in [-0.39, 0.29) is 0 Å². The van der Waals surface area contributed by atoms with Crippen LogP contribution in [0.15, 0.2) is 18.2 Å². The largest absolute Gasteiger partial charge is 0.491 e. The van der Waals surface area contributed by atoms with E-state index in [0.717, 1.165) is 43.9 Å². The van der Waals surface area contributed by atoms with Crippen LogP contribution >= 0.6 is 0 Å². The molecule has 1 rings (SSSR count). The first-order valence-corrected chi connectivity index (χ1v) is 7.12. The molecule has 0 radical (unpaired) electrons. The quantitative estimate of drug-likeness (QED) is 0.504. The van der Waals surface area contributed by atoms with E-state index >= 15 is 0 Å². The molecule has 0 aliphatic carbocycles. The number of nitrogen functional groups attached to an aromatic ring is 1. The molecule has 0 amide bonds. The van der Waals surface area contributed by atoms with Gasteiger partial charge in [0, 0.05) is 13.2 Å². The molecular formula is C15H26N2O2. The molecule has 0 atom stereocenters. The van der Waals surface area contributed by atoms with E-state index in [1.54, 1.807) is 0 Å². The lowest BCUT2D eigenvalue weighted by Gasteiger charge is -2.13. The SMILES string of the molecule is CCCCOCCNc1cccc(OCCC)c1N. The van der Waals surface area contributed by atoms with Crippen LogP contribution in [-0.4, -0.2) is 26.4 Å². The number of hydrogen-bond acceptors (Lipinski definition) is 4. The van der Waals surface area contributed by atoms with Gasteiger partial charge in [-0.15, -0.1) is 0 Å². The van der Waals surface area contributed by atoms with Gasteiger partial charge in [-0.1, -0.05) is 26.3 Å². The molecule has 0 spiro atoms. The van der Waals surface area contributed by atoms with Crippen LogP contribution in [0.3, 0.4) is 0 Å². The van der Waals surface area contributed by atoms with Crippen LogP contribution in [0, 0.1) is 0 Å². The lowest BCUT2D eigenvalue weighted by molar-refractivity contribution is 0.141. The van der Waals surface area contributed by atoms with Gasteiger partial charge in [-0.2, -0.15) is 0 Å². The number of para-hydroxylation sites is 1. The van der Waals surface area contributed by atoms with Crippen molar-refractivity contribution in [1.82, 2.24) is 0 Å². The third kappa shape index (κ3) is 5.83. The van der Waals surface area contributed by atoms with E-state index in [2.05, 4.69) is 19.2 Å². The molecule has 0 bridgehead atoms. The fraction of sp³-hybridized carbons (Fsp3) is 0.600. The van der Waals surface area contributed by atoms with Gasteiger partial charge in [-0.25, -0.2) is 0 Å². The maximum absolute atomic E-state index is 6.06. The fourth-order valence-electron chi connectivity index (χ4n) is 1.64. The summed E-state index contributed by atoms with van der Waals surface area (Å²) in [5.74, 6) is 0.749. The van der Waals surface area contributed by atoms with Crippen molar-refractivity contribution in [2.45, 2.75) is 33.1 Å². The highest BCUT2D eigenvalue weighted by Gasteiger charge is 2.05. The molecular weight excluding hydrogens is 240 g/mol. The Kier molecular flexibility index (Phi) is 7.82. The Labute approximate surface area is 116 Å². The van der Waals surface area contributed by atoms with Gasteiger partial charge in [0.05, 0.1) is 24.6 Å². The molecule has 0 aromatic heterocycles. The predicted octanol–water partition coefficient (Wildman–Crippen LogP) is 3.29. The van der Waals surface area contributed by atoms with E-state index in [9.17, 15) is 0 Å². The Bertz CT molecular complexity index is 356. The first-order chi connectivity index (χ1) is 9.29. The Hall–Kier alpha value is -1.42. The summed E-state index contributed by atoms with van der Waals surface area (Å²) in [5.41, 5.74) is 7.64. The number of ether oxygens (including phenoxy) is 2. The van der Waals surface area contributed by atoms with Crippen molar-refractivity contribution in [2.75, 3.05) is 37.4 Å². The number of benzene rings is 1. The molecule has 1 aromatic carbocycles. The maximum Gasteiger partial charge on any atom is 0.144 e. The van der Waals surface area contributed by atoms with Crippen molar-refractivity contribution >= 4 is 11.4 Å². The summed E-state index contributed by atoms with van der Waals surface area (Å²) in [6, 6.07) is 5.80. The molecule has 4 heteroatoms. The number of rotatable bonds is 10. The van der Waals surface area contributed by atoms with Crippen LogP contribution in [0.2, 0.25) is 0 Å². The molecule has 0 saturated carbocycles. The Morgan fingerprint density at radius 2 is 1.95 bits per heavy atom. The highest BCUT2D eigenvalue weighted by Crippen LogP contribution is 2.29. The lowest BCUT2D eigenvalue weighted by Crippen LogP contribution is -2.11. The van der Waals surface area contributed by atoms with Crippen molar-refractivity contribution in [3.05, 3.63) is 18.2 Å². The van der Waals surface area contributed by atoms with Crippen molar-refractivity contribution in [3.8, 4) is 5.75 Å². The number of hydrogen-bond donors (Lipinski definition) is 2. The van der Waals surface area contributed by atoms with Crippen LogP contribution in [0.1, 0.15) is 33.1 Å². The van der Waals surface area contributed by atoms with Crippen molar-refractivity contribution < 1.29 is 9.47 Å². The Balaban J connectivity index is 2.36. The second-order valence-electron chi connectivity index (χ2n) is 4.46. The molecule has 108 valence electrons. The normalized spacial score (nSPS) is 10.4. The highest BCUT2D eigenvalue weighted by molar-refractivity contribution is 5.72. The zero-order valence-corrected chi connectivity index (χ0v) is 12.1. The summed E-state index contributed by atoms with van der Waals surface area (Å²) in [6.45, 7) is 7.20. The van der Waals surface area contributed by atoms with Gasteiger partial charge in [-0.3, -0.25) is 0 Å². The van der Waals surface area contributed by atoms with Crippen LogP contribution < -0.4 is 15.8 Å². The number of anilines is 2. The summed E-state index contributed by atoms with van der Waals surface area (Å²) in [4.78, 5) is 0. The standard InChI is InChI=1S/C15H26N2O2/c1-3-5-11-18-12-9-17-13-7-6-8-14(15(13)16)19-10-4-2/h6-8,17H,3-5,9-12,16H2,1-2H3. The molecule has 0 fully saturated rings. The van der Waals surface area contributed by atoms with Crippen LogP contribution in [0.25, 0.3) is 0 Å². The second kappa shape index (κ2) is 9.50. The highest BCUT2D eigenvalue weighted by atomic mass is 16.5. The number of nitrogens with two attached hydrogens (primary N) is 1. The van der Waals surface area contributed by atoms with Crippen molar-refractivity contribution in [3.63, 3.8) is 0 Å². The maximum atomic E-state index is 6.06. The first kappa shape index (κ1) is 15.6. The topological polar surface area (TPSA) is 56.5 Å². The lowest BCUT2D eigenvalue weighted by atomic mass is 10.2. The van der Waals surface area contributed by atoms with E-state index in [1.165, 1.54) is 0 Å². The average molecular weight is 266 g/mol. The molecule has 0 heterocycles. The van der Waals surface area contributed by atoms with Crippen LogP contribution in [-0.2, 0) is 4.74 Å². The van der Waals surface area contributed by atoms with Crippen LogP contribution in [0.4, 0.5) is 11.4 Å². The first-order valence-electron chi connectivity index (χ1n) is 7.12. The third-order valence-corrected chi connectivity index (χ3v) is 2.73. The Morgan fingerprint density at radius 3 is 2.68 bits per heavy atom. The summed E-state index contributed by atoms with van der Waals surface area (Å²) >= 11 is 0. The minimum absolute atomic E-state index is 0.671. The molecule has 4 nitrogen and oxygen atoms in total. The fourth-order valence-corrected chi connectivity index (χ4v) is 1.64. The average Bonchev–Trinajstić information content (AvgIpc) is 2.43. The van der Waals surface area contributed by atoms with Gasteiger partial charge in [0.25, 0.3) is 0 Å². The molecule has 19 heavy (non-hydrogen) atoms.